The number of hydrogen-bond acceptors (Lipinski definition) is 4. The van der Waals surface area contributed by atoms with Crippen LogP contribution in [0.1, 0.15) is 19.8 Å². The number of aryl methyl sites for hydroxylation is 1. The summed E-state index contributed by atoms with van der Waals surface area (Å²) >= 11 is 0. The Hall–Kier alpha value is -3.16. The number of fused-ring (bicyclic) bond motifs is 1. The average molecular weight is 369 g/mol. The van der Waals surface area contributed by atoms with Crippen LogP contribution in [0.25, 0.3) is 11.2 Å². The van der Waals surface area contributed by atoms with Crippen LogP contribution in [0.15, 0.2) is 46.2 Å². The van der Waals surface area contributed by atoms with E-state index in [4.69, 9.17) is 0 Å². The fourth-order valence-corrected chi connectivity index (χ4v) is 3.07. The Morgan fingerprint density at radius 3 is 2.48 bits per heavy atom. The number of carbonyl (C=O) groups is 1. The van der Waals surface area contributed by atoms with E-state index < -0.39 is 11.2 Å². The Bertz CT molecular complexity index is 1080. The van der Waals surface area contributed by atoms with Gasteiger partial charge < -0.3 is 9.47 Å². The molecule has 2 aromatic heterocycles. The molecule has 0 aliphatic carbocycles. The van der Waals surface area contributed by atoms with Crippen molar-refractivity contribution in [2.45, 2.75) is 26.3 Å². The van der Waals surface area contributed by atoms with Gasteiger partial charge >= 0.3 is 5.69 Å². The van der Waals surface area contributed by atoms with E-state index >= 15 is 0 Å². The monoisotopic (exact) mass is 369 g/mol. The first-order valence-corrected chi connectivity index (χ1v) is 8.92. The lowest BCUT2D eigenvalue weighted by Crippen LogP contribution is -2.38. The molecule has 0 fully saturated rings. The number of unbranched alkanes of at least 4 members (excludes halogenated alkanes) is 1. The van der Waals surface area contributed by atoms with Crippen molar-refractivity contribution < 1.29 is 4.79 Å². The van der Waals surface area contributed by atoms with E-state index in [1.54, 1.807) is 11.9 Å². The lowest BCUT2D eigenvalue weighted by Gasteiger charge is -2.23. The molecule has 0 saturated heterocycles. The van der Waals surface area contributed by atoms with Gasteiger partial charge in [0.05, 0.1) is 6.33 Å². The third-order valence-corrected chi connectivity index (χ3v) is 4.63. The normalized spacial score (nSPS) is 11.1. The van der Waals surface area contributed by atoms with E-state index in [0.29, 0.717) is 6.54 Å². The second-order valence-electron chi connectivity index (χ2n) is 6.48. The minimum atomic E-state index is -0.460. The molecule has 3 rings (SSSR count). The summed E-state index contributed by atoms with van der Waals surface area (Å²) in [6.45, 7) is 2.65. The highest BCUT2D eigenvalue weighted by atomic mass is 16.2. The molecule has 1 amide bonds. The molecule has 0 saturated carbocycles. The number of amides is 1. The molecule has 0 radical (unpaired) electrons. The Labute approximate surface area is 156 Å². The summed E-state index contributed by atoms with van der Waals surface area (Å²) in [7, 11) is 2.97. The number of benzene rings is 1. The minimum absolute atomic E-state index is 0.0252. The number of nitrogens with zero attached hydrogens (tertiary/aromatic N) is 5. The molecule has 1 aromatic carbocycles. The molecule has 27 heavy (non-hydrogen) atoms. The molecule has 8 nitrogen and oxygen atoms in total. The lowest BCUT2D eigenvalue weighted by atomic mass is 10.2. The van der Waals surface area contributed by atoms with Gasteiger partial charge in [0.1, 0.15) is 6.54 Å². The topological polar surface area (TPSA) is 82.1 Å². The Morgan fingerprint density at radius 1 is 1.11 bits per heavy atom. The zero-order chi connectivity index (χ0) is 19.6. The highest BCUT2D eigenvalue weighted by Crippen LogP contribution is 2.16. The van der Waals surface area contributed by atoms with Crippen molar-refractivity contribution in [3.8, 4) is 0 Å². The van der Waals surface area contributed by atoms with Crippen LogP contribution in [0.5, 0.6) is 0 Å². The van der Waals surface area contributed by atoms with E-state index in [2.05, 4.69) is 11.9 Å². The maximum Gasteiger partial charge on any atom is 0.332 e. The van der Waals surface area contributed by atoms with E-state index in [9.17, 15) is 14.4 Å². The van der Waals surface area contributed by atoms with E-state index in [1.165, 1.54) is 22.5 Å². The molecule has 0 aliphatic rings. The SMILES string of the molecule is CCCCN(C(=O)Cn1cnc2c1c(=O)n(C)c(=O)n2C)c1ccccc1. The number of hydrogen-bond donors (Lipinski definition) is 0. The molecule has 142 valence electrons. The predicted molar refractivity (Wildman–Crippen MR) is 104 cm³/mol. The van der Waals surface area contributed by atoms with Crippen molar-refractivity contribution in [3.63, 3.8) is 0 Å². The quantitative estimate of drug-likeness (QED) is 0.655. The molecule has 2 heterocycles. The molecule has 0 N–H and O–H groups in total. The van der Waals surface area contributed by atoms with Crippen LogP contribution in [0.3, 0.4) is 0 Å². The minimum Gasteiger partial charge on any atom is -0.315 e. The third-order valence-electron chi connectivity index (χ3n) is 4.63. The smallest absolute Gasteiger partial charge is 0.315 e. The summed E-state index contributed by atoms with van der Waals surface area (Å²) in [5, 5.41) is 0. The second-order valence-corrected chi connectivity index (χ2v) is 6.48. The number of anilines is 1. The van der Waals surface area contributed by atoms with Gasteiger partial charge in [0.25, 0.3) is 5.56 Å². The van der Waals surface area contributed by atoms with Crippen LogP contribution in [0.2, 0.25) is 0 Å². The van der Waals surface area contributed by atoms with Crippen LogP contribution in [0, 0.1) is 0 Å². The fraction of sp³-hybridized carbons (Fsp3) is 0.368. The molecule has 3 aromatic rings. The van der Waals surface area contributed by atoms with Crippen molar-refractivity contribution in [2.24, 2.45) is 14.1 Å². The highest BCUT2D eigenvalue weighted by molar-refractivity contribution is 5.93. The van der Waals surface area contributed by atoms with Crippen molar-refractivity contribution in [3.05, 3.63) is 57.5 Å². The number of imidazole rings is 1. The highest BCUT2D eigenvalue weighted by Gasteiger charge is 2.19. The van der Waals surface area contributed by atoms with Gasteiger partial charge in [0.2, 0.25) is 5.91 Å². The van der Waals surface area contributed by atoms with Gasteiger partial charge in [-0.25, -0.2) is 9.78 Å². The average Bonchev–Trinajstić information content (AvgIpc) is 3.09. The first-order chi connectivity index (χ1) is 13.0. The summed E-state index contributed by atoms with van der Waals surface area (Å²) in [6.07, 6.45) is 3.28. The van der Waals surface area contributed by atoms with Crippen LogP contribution in [-0.4, -0.2) is 31.1 Å². The molecule has 0 aliphatic heterocycles. The van der Waals surface area contributed by atoms with Gasteiger partial charge in [-0.3, -0.25) is 18.7 Å². The van der Waals surface area contributed by atoms with Gasteiger partial charge in [-0.15, -0.1) is 0 Å². The summed E-state index contributed by atoms with van der Waals surface area (Å²) < 4.78 is 3.85. The molecule has 8 heteroatoms. The summed E-state index contributed by atoms with van der Waals surface area (Å²) in [5.41, 5.74) is 0.434. The standard InChI is InChI=1S/C19H23N5O3/c1-4-5-11-24(14-9-7-6-8-10-14)15(25)12-23-13-20-17-16(23)18(26)22(3)19(27)21(17)2/h6-10,13H,4-5,11-12H2,1-3H3. The maximum absolute atomic E-state index is 13.0. The summed E-state index contributed by atoms with van der Waals surface area (Å²) in [4.78, 5) is 43.5. The van der Waals surface area contributed by atoms with Crippen LogP contribution >= 0.6 is 0 Å². The van der Waals surface area contributed by atoms with Crippen molar-refractivity contribution in [1.29, 1.82) is 0 Å². The number of rotatable bonds is 6. The first kappa shape index (κ1) is 18.6. The molecular formula is C19H23N5O3. The second kappa shape index (κ2) is 7.61. The van der Waals surface area contributed by atoms with Crippen LogP contribution in [0.4, 0.5) is 5.69 Å². The number of para-hydroxylation sites is 1. The third kappa shape index (κ3) is 3.42. The van der Waals surface area contributed by atoms with Crippen LogP contribution < -0.4 is 16.1 Å². The van der Waals surface area contributed by atoms with E-state index in [1.807, 2.05) is 30.3 Å². The Kier molecular flexibility index (Phi) is 5.25. The van der Waals surface area contributed by atoms with E-state index in [-0.39, 0.29) is 23.6 Å². The van der Waals surface area contributed by atoms with Gasteiger partial charge in [-0.1, -0.05) is 31.5 Å². The van der Waals surface area contributed by atoms with Crippen LogP contribution in [-0.2, 0) is 25.4 Å². The zero-order valence-corrected chi connectivity index (χ0v) is 15.8. The summed E-state index contributed by atoms with van der Waals surface area (Å²) in [5.74, 6) is -0.134. The Morgan fingerprint density at radius 2 is 1.81 bits per heavy atom. The van der Waals surface area contributed by atoms with E-state index in [0.717, 1.165) is 23.1 Å². The lowest BCUT2D eigenvalue weighted by molar-refractivity contribution is -0.119. The van der Waals surface area contributed by atoms with Gasteiger partial charge in [-0.05, 0) is 18.6 Å². The number of carbonyl (C=O) groups excluding carboxylic acids is 1. The van der Waals surface area contributed by atoms with Crippen molar-refractivity contribution >= 4 is 22.8 Å². The predicted octanol–water partition coefficient (Wildman–Crippen LogP) is 1.27. The maximum atomic E-state index is 13.0. The Balaban J connectivity index is 1.99. The largest absolute Gasteiger partial charge is 0.332 e. The van der Waals surface area contributed by atoms with Gasteiger partial charge in [-0.2, -0.15) is 0 Å². The van der Waals surface area contributed by atoms with Crippen molar-refractivity contribution in [2.75, 3.05) is 11.4 Å². The zero-order valence-electron chi connectivity index (χ0n) is 15.8. The van der Waals surface area contributed by atoms with Gasteiger partial charge in [0, 0.05) is 26.3 Å². The first-order valence-electron chi connectivity index (χ1n) is 8.92. The molecule has 0 atom stereocenters. The molecular weight excluding hydrogens is 346 g/mol. The van der Waals surface area contributed by atoms with Crippen molar-refractivity contribution in [1.82, 2.24) is 18.7 Å². The summed E-state index contributed by atoms with van der Waals surface area (Å²) in [6, 6.07) is 9.46. The molecule has 0 unspecified atom stereocenters. The fourth-order valence-electron chi connectivity index (χ4n) is 3.07. The van der Waals surface area contributed by atoms with Gasteiger partial charge in [0.15, 0.2) is 11.2 Å². The molecule has 0 bridgehead atoms. The molecule has 0 spiro atoms. The number of aromatic nitrogens is 4.